The van der Waals surface area contributed by atoms with Crippen molar-refractivity contribution in [2.45, 2.75) is 6.54 Å². The Morgan fingerprint density at radius 3 is 2.58 bits per heavy atom. The molecule has 0 aliphatic heterocycles. The highest BCUT2D eigenvalue weighted by atomic mass is 19.1. The minimum absolute atomic E-state index is 0.116. The zero-order chi connectivity index (χ0) is 16.7. The number of aromatic nitrogens is 1. The molecule has 118 valence electrons. The normalized spacial score (nSPS) is 11.2. The van der Waals surface area contributed by atoms with Gasteiger partial charge in [0.2, 0.25) is 0 Å². The molecule has 0 bridgehead atoms. The molecule has 1 heterocycles. The molecule has 1 N–H and O–H groups in total. The number of hydrogen-bond donors (Lipinski definition) is 1. The molecular weight excluding hydrogens is 305 g/mol. The van der Waals surface area contributed by atoms with Gasteiger partial charge in [0.25, 0.3) is 0 Å². The van der Waals surface area contributed by atoms with Crippen molar-refractivity contribution in [3.63, 3.8) is 0 Å². The Balaban J connectivity index is 1.85. The Bertz CT molecular complexity index is 1080. The standard InChI is InChI=1S/C20H14FNO2/c21-18-7-3-6-16-17(20(23)24)12-22(19(16)18)11-13-8-9-14-4-1-2-5-15(14)10-13/h1-10,12H,11H2,(H,23,24). The van der Waals surface area contributed by atoms with Crippen molar-refractivity contribution in [2.75, 3.05) is 0 Å². The number of rotatable bonds is 3. The summed E-state index contributed by atoms with van der Waals surface area (Å²) in [5.74, 6) is -1.47. The maximum atomic E-state index is 14.3. The molecule has 0 aliphatic rings. The van der Waals surface area contributed by atoms with E-state index in [0.717, 1.165) is 16.3 Å². The van der Waals surface area contributed by atoms with Gasteiger partial charge in [-0.2, -0.15) is 0 Å². The SMILES string of the molecule is O=C(O)c1cn(Cc2ccc3ccccc3c2)c2c(F)cccc12. The van der Waals surface area contributed by atoms with Gasteiger partial charge in [-0.05, 0) is 28.5 Å². The molecule has 3 nitrogen and oxygen atoms in total. The third-order valence-corrected chi connectivity index (χ3v) is 4.25. The minimum atomic E-state index is -1.05. The van der Waals surface area contributed by atoms with Crippen LogP contribution in [0.3, 0.4) is 0 Å². The van der Waals surface area contributed by atoms with E-state index in [0.29, 0.717) is 17.4 Å². The van der Waals surface area contributed by atoms with Gasteiger partial charge in [0.15, 0.2) is 0 Å². The topological polar surface area (TPSA) is 42.2 Å². The lowest BCUT2D eigenvalue weighted by molar-refractivity contribution is 0.0699. The van der Waals surface area contributed by atoms with E-state index in [2.05, 4.69) is 0 Å². The molecule has 0 fully saturated rings. The number of aromatic carboxylic acids is 1. The second kappa shape index (κ2) is 5.49. The fourth-order valence-corrected chi connectivity index (χ4v) is 3.14. The fraction of sp³-hybridized carbons (Fsp3) is 0.0500. The smallest absolute Gasteiger partial charge is 0.337 e. The van der Waals surface area contributed by atoms with E-state index < -0.39 is 11.8 Å². The van der Waals surface area contributed by atoms with Gasteiger partial charge in [0.05, 0.1) is 11.1 Å². The number of fused-ring (bicyclic) bond motifs is 2. The number of carboxylic acid groups (broad SMARTS) is 1. The van der Waals surface area contributed by atoms with Crippen molar-refractivity contribution in [1.82, 2.24) is 4.57 Å². The number of hydrogen-bond acceptors (Lipinski definition) is 1. The highest BCUT2D eigenvalue weighted by Crippen LogP contribution is 2.26. The van der Waals surface area contributed by atoms with E-state index in [9.17, 15) is 14.3 Å². The van der Waals surface area contributed by atoms with Gasteiger partial charge < -0.3 is 9.67 Å². The molecule has 0 atom stereocenters. The minimum Gasteiger partial charge on any atom is -0.478 e. The average molecular weight is 319 g/mol. The molecule has 1 aromatic heterocycles. The zero-order valence-electron chi connectivity index (χ0n) is 12.7. The number of halogens is 1. The molecule has 0 radical (unpaired) electrons. The van der Waals surface area contributed by atoms with Crippen LogP contribution in [0.5, 0.6) is 0 Å². The predicted octanol–water partition coefficient (Wildman–Crippen LogP) is 4.68. The van der Waals surface area contributed by atoms with Crippen molar-refractivity contribution < 1.29 is 14.3 Å². The van der Waals surface area contributed by atoms with E-state index in [1.807, 2.05) is 42.5 Å². The quantitative estimate of drug-likeness (QED) is 0.596. The van der Waals surface area contributed by atoms with E-state index in [4.69, 9.17) is 0 Å². The van der Waals surface area contributed by atoms with Crippen LogP contribution < -0.4 is 0 Å². The molecular formula is C20H14FNO2. The van der Waals surface area contributed by atoms with Gasteiger partial charge >= 0.3 is 5.97 Å². The highest BCUT2D eigenvalue weighted by molar-refractivity contribution is 6.03. The van der Waals surface area contributed by atoms with E-state index in [1.54, 1.807) is 10.6 Å². The largest absolute Gasteiger partial charge is 0.478 e. The molecule has 0 amide bonds. The van der Waals surface area contributed by atoms with Crippen LogP contribution in [0.15, 0.2) is 66.9 Å². The molecule has 3 aromatic carbocycles. The summed E-state index contributed by atoms with van der Waals surface area (Å²) >= 11 is 0. The summed E-state index contributed by atoms with van der Waals surface area (Å²) in [6.45, 7) is 0.412. The summed E-state index contributed by atoms with van der Waals surface area (Å²) < 4.78 is 15.9. The lowest BCUT2D eigenvalue weighted by Gasteiger charge is -2.07. The molecule has 4 aromatic rings. The summed E-state index contributed by atoms with van der Waals surface area (Å²) in [5.41, 5.74) is 1.43. The molecule has 0 saturated heterocycles. The van der Waals surface area contributed by atoms with Crippen molar-refractivity contribution in [3.05, 3.63) is 83.8 Å². The first-order valence-electron chi connectivity index (χ1n) is 7.62. The third kappa shape index (κ3) is 2.33. The number of carbonyl (C=O) groups is 1. The number of benzene rings is 3. The first kappa shape index (κ1) is 14.5. The van der Waals surface area contributed by atoms with Crippen LogP contribution in [0.4, 0.5) is 4.39 Å². The monoisotopic (exact) mass is 319 g/mol. The Morgan fingerprint density at radius 1 is 1.00 bits per heavy atom. The molecule has 0 aliphatic carbocycles. The average Bonchev–Trinajstić information content (AvgIpc) is 2.95. The Hall–Kier alpha value is -3.14. The van der Waals surface area contributed by atoms with Gasteiger partial charge in [-0.1, -0.05) is 48.5 Å². The summed E-state index contributed by atoms with van der Waals surface area (Å²) in [6.07, 6.45) is 1.51. The van der Waals surface area contributed by atoms with E-state index >= 15 is 0 Å². The number of carboxylic acids is 1. The van der Waals surface area contributed by atoms with Crippen molar-refractivity contribution in [1.29, 1.82) is 0 Å². The number of para-hydroxylation sites is 1. The van der Waals surface area contributed by atoms with Crippen molar-refractivity contribution >= 4 is 27.6 Å². The first-order chi connectivity index (χ1) is 11.6. The van der Waals surface area contributed by atoms with Gasteiger partial charge in [0, 0.05) is 18.1 Å². The second-order valence-corrected chi connectivity index (χ2v) is 5.79. The Morgan fingerprint density at radius 2 is 1.79 bits per heavy atom. The van der Waals surface area contributed by atoms with Gasteiger partial charge in [-0.25, -0.2) is 9.18 Å². The lowest BCUT2D eigenvalue weighted by Crippen LogP contribution is -2.00. The van der Waals surface area contributed by atoms with Gasteiger partial charge in [-0.15, -0.1) is 0 Å². The van der Waals surface area contributed by atoms with Crippen LogP contribution in [0.2, 0.25) is 0 Å². The van der Waals surface area contributed by atoms with Crippen LogP contribution in [-0.4, -0.2) is 15.6 Å². The first-order valence-corrected chi connectivity index (χ1v) is 7.62. The third-order valence-electron chi connectivity index (χ3n) is 4.25. The maximum absolute atomic E-state index is 14.3. The van der Waals surface area contributed by atoms with Crippen LogP contribution in [0.1, 0.15) is 15.9 Å². The molecule has 0 unspecified atom stereocenters. The molecule has 0 spiro atoms. The highest BCUT2D eigenvalue weighted by Gasteiger charge is 2.17. The van der Waals surface area contributed by atoms with E-state index in [-0.39, 0.29) is 5.56 Å². The summed E-state index contributed by atoms with van der Waals surface area (Å²) in [4.78, 5) is 11.4. The molecule has 4 rings (SSSR count). The van der Waals surface area contributed by atoms with Crippen LogP contribution >= 0.6 is 0 Å². The van der Waals surface area contributed by atoms with Gasteiger partial charge in [-0.3, -0.25) is 0 Å². The summed E-state index contributed by atoms with van der Waals surface area (Å²) in [5, 5.41) is 12.0. The second-order valence-electron chi connectivity index (χ2n) is 5.79. The Labute approximate surface area is 137 Å². The van der Waals surface area contributed by atoms with Crippen LogP contribution in [0, 0.1) is 5.82 Å². The summed E-state index contributed by atoms with van der Waals surface area (Å²) in [6, 6.07) is 18.6. The van der Waals surface area contributed by atoms with Crippen LogP contribution in [0.25, 0.3) is 21.7 Å². The molecule has 4 heteroatoms. The lowest BCUT2D eigenvalue weighted by atomic mass is 10.1. The Kier molecular flexibility index (Phi) is 3.31. The predicted molar refractivity (Wildman–Crippen MR) is 91.9 cm³/mol. The fourth-order valence-electron chi connectivity index (χ4n) is 3.14. The maximum Gasteiger partial charge on any atom is 0.337 e. The van der Waals surface area contributed by atoms with Gasteiger partial charge in [0.1, 0.15) is 5.82 Å². The van der Waals surface area contributed by atoms with Crippen molar-refractivity contribution in [2.24, 2.45) is 0 Å². The van der Waals surface area contributed by atoms with E-state index in [1.165, 1.54) is 18.3 Å². The zero-order valence-corrected chi connectivity index (χ0v) is 12.7. The van der Waals surface area contributed by atoms with Crippen LogP contribution in [-0.2, 0) is 6.54 Å². The molecule has 0 saturated carbocycles. The summed E-state index contributed by atoms with van der Waals surface area (Å²) in [7, 11) is 0. The molecule has 24 heavy (non-hydrogen) atoms. The van der Waals surface area contributed by atoms with Crippen molar-refractivity contribution in [3.8, 4) is 0 Å². The number of nitrogens with zero attached hydrogens (tertiary/aromatic N) is 1.